The van der Waals surface area contributed by atoms with Crippen molar-refractivity contribution in [2.45, 2.75) is 46.1 Å². The summed E-state index contributed by atoms with van der Waals surface area (Å²) in [7, 11) is 0. The van der Waals surface area contributed by atoms with Gasteiger partial charge in [-0.3, -0.25) is 4.79 Å². The van der Waals surface area contributed by atoms with Gasteiger partial charge < -0.3 is 15.4 Å². The highest BCUT2D eigenvalue weighted by atomic mass is 35.5. The minimum absolute atomic E-state index is 0. The van der Waals surface area contributed by atoms with Crippen LogP contribution in [0.4, 0.5) is 0 Å². The van der Waals surface area contributed by atoms with Gasteiger partial charge in [-0.1, -0.05) is 31.2 Å². The Balaban J connectivity index is 0.00000300. The van der Waals surface area contributed by atoms with Gasteiger partial charge in [0.2, 0.25) is 0 Å². The first-order valence-corrected chi connectivity index (χ1v) is 10.2. The lowest BCUT2D eigenvalue weighted by Crippen LogP contribution is -2.30. The van der Waals surface area contributed by atoms with Crippen molar-refractivity contribution in [1.29, 1.82) is 0 Å². The molecule has 2 N–H and O–H groups in total. The summed E-state index contributed by atoms with van der Waals surface area (Å²) in [5.41, 5.74) is 2.43. The van der Waals surface area contributed by atoms with Crippen molar-refractivity contribution in [3.05, 3.63) is 41.2 Å². The van der Waals surface area contributed by atoms with E-state index in [1.54, 1.807) is 0 Å². The Kier molecular flexibility index (Phi) is 8.92. The second kappa shape index (κ2) is 11.2. The Morgan fingerprint density at radius 3 is 2.62 bits per heavy atom. The molecular formula is C21H32ClN5O2. The maximum Gasteiger partial charge on any atom is 0.273 e. The third-order valence-corrected chi connectivity index (χ3v) is 5.00. The Hall–Kier alpha value is -2.12. The highest BCUT2D eigenvalue weighted by Crippen LogP contribution is 2.20. The van der Waals surface area contributed by atoms with Crippen molar-refractivity contribution >= 4 is 18.3 Å². The molecule has 0 atom stereocenters. The molecule has 1 aliphatic heterocycles. The van der Waals surface area contributed by atoms with Gasteiger partial charge in [0.1, 0.15) is 5.75 Å². The van der Waals surface area contributed by atoms with E-state index < -0.39 is 0 Å². The third kappa shape index (κ3) is 6.44. The number of halogens is 1. The fourth-order valence-corrected chi connectivity index (χ4v) is 3.37. The van der Waals surface area contributed by atoms with E-state index in [0.29, 0.717) is 30.8 Å². The number of hydrogen-bond acceptors (Lipinski definition) is 5. The van der Waals surface area contributed by atoms with E-state index in [9.17, 15) is 4.79 Å². The molecule has 3 rings (SSSR count). The molecule has 0 bridgehead atoms. The molecule has 0 aliphatic carbocycles. The molecule has 1 saturated heterocycles. The largest absolute Gasteiger partial charge is 0.493 e. The topological polar surface area (TPSA) is 81.1 Å². The number of aromatic nitrogens is 3. The maximum atomic E-state index is 12.5. The van der Waals surface area contributed by atoms with E-state index in [1.165, 1.54) is 0 Å². The summed E-state index contributed by atoms with van der Waals surface area (Å²) in [4.78, 5) is 12.5. The highest BCUT2D eigenvalue weighted by Gasteiger charge is 2.22. The van der Waals surface area contributed by atoms with Gasteiger partial charge in [0.25, 0.3) is 5.91 Å². The molecule has 0 saturated carbocycles. The molecule has 0 radical (unpaired) electrons. The van der Waals surface area contributed by atoms with E-state index in [4.69, 9.17) is 4.74 Å². The predicted molar refractivity (Wildman–Crippen MR) is 116 cm³/mol. The Labute approximate surface area is 179 Å². The first-order valence-electron chi connectivity index (χ1n) is 10.2. The molecular weight excluding hydrogens is 390 g/mol. The number of hydrogen-bond donors (Lipinski definition) is 2. The van der Waals surface area contributed by atoms with Crippen LogP contribution in [0.5, 0.6) is 5.75 Å². The summed E-state index contributed by atoms with van der Waals surface area (Å²) < 4.78 is 7.61. The van der Waals surface area contributed by atoms with Crippen LogP contribution in [0.25, 0.3) is 0 Å². The lowest BCUT2D eigenvalue weighted by Gasteiger charge is -2.23. The standard InChI is InChI=1S/C21H31N5O2.ClH/c1-15(2)14-28-19-6-4-17(5-7-19)8-13-23-21(27)20-16(3)26(25-24-20)18-9-11-22-12-10-18;/h4-7,15,18,22H,8-14H2,1-3H3,(H,23,27);1H. The second-order valence-corrected chi connectivity index (χ2v) is 7.80. The number of benzene rings is 1. The normalized spacial score (nSPS) is 14.5. The van der Waals surface area contributed by atoms with E-state index in [2.05, 4.69) is 34.8 Å². The smallest absolute Gasteiger partial charge is 0.273 e. The Morgan fingerprint density at radius 2 is 1.97 bits per heavy atom. The predicted octanol–water partition coefficient (Wildman–Crippen LogP) is 2.94. The van der Waals surface area contributed by atoms with Crippen LogP contribution in [-0.2, 0) is 6.42 Å². The van der Waals surface area contributed by atoms with Crippen LogP contribution in [0.15, 0.2) is 24.3 Å². The molecule has 2 heterocycles. The first kappa shape index (κ1) is 23.2. The number of carbonyl (C=O) groups is 1. The number of amides is 1. The molecule has 8 heteroatoms. The SMILES string of the molecule is Cc1c(C(=O)NCCc2ccc(OCC(C)C)cc2)nnn1C1CCNCC1.Cl. The number of rotatable bonds is 8. The Morgan fingerprint density at radius 1 is 1.28 bits per heavy atom. The number of nitrogens with one attached hydrogen (secondary N) is 2. The van der Waals surface area contributed by atoms with Crippen LogP contribution in [-0.4, -0.2) is 47.1 Å². The zero-order valence-electron chi connectivity index (χ0n) is 17.5. The van der Waals surface area contributed by atoms with Crippen molar-refractivity contribution in [2.75, 3.05) is 26.2 Å². The van der Waals surface area contributed by atoms with Gasteiger partial charge in [-0.25, -0.2) is 4.68 Å². The summed E-state index contributed by atoms with van der Waals surface area (Å²) in [6.45, 7) is 9.41. The third-order valence-electron chi connectivity index (χ3n) is 5.00. The molecule has 0 spiro atoms. The molecule has 1 aromatic carbocycles. The molecule has 1 amide bonds. The van der Waals surface area contributed by atoms with E-state index >= 15 is 0 Å². The number of ether oxygens (including phenoxy) is 1. The number of piperidine rings is 1. The average molecular weight is 422 g/mol. The van der Waals surface area contributed by atoms with Gasteiger partial charge in [-0.05, 0) is 62.9 Å². The summed E-state index contributed by atoms with van der Waals surface area (Å²) in [6.07, 6.45) is 2.79. The minimum Gasteiger partial charge on any atom is -0.493 e. The molecule has 1 fully saturated rings. The summed E-state index contributed by atoms with van der Waals surface area (Å²) in [5, 5.41) is 14.7. The average Bonchev–Trinajstić information content (AvgIpc) is 3.09. The van der Waals surface area contributed by atoms with Gasteiger partial charge >= 0.3 is 0 Å². The van der Waals surface area contributed by atoms with Crippen molar-refractivity contribution in [3.8, 4) is 5.75 Å². The van der Waals surface area contributed by atoms with Crippen molar-refractivity contribution in [2.24, 2.45) is 5.92 Å². The minimum atomic E-state index is -0.158. The summed E-state index contributed by atoms with van der Waals surface area (Å²) in [6, 6.07) is 8.37. The van der Waals surface area contributed by atoms with Crippen molar-refractivity contribution < 1.29 is 9.53 Å². The van der Waals surface area contributed by atoms with Crippen LogP contribution in [0, 0.1) is 12.8 Å². The molecule has 7 nitrogen and oxygen atoms in total. The molecule has 2 aromatic rings. The second-order valence-electron chi connectivity index (χ2n) is 7.80. The Bertz CT molecular complexity index is 770. The van der Waals surface area contributed by atoms with Crippen molar-refractivity contribution in [1.82, 2.24) is 25.6 Å². The van der Waals surface area contributed by atoms with Crippen LogP contribution in [0.3, 0.4) is 0 Å². The molecule has 1 aromatic heterocycles. The van der Waals surface area contributed by atoms with Gasteiger partial charge in [-0.15, -0.1) is 17.5 Å². The van der Waals surface area contributed by atoms with Crippen molar-refractivity contribution in [3.63, 3.8) is 0 Å². The van der Waals surface area contributed by atoms with Gasteiger partial charge in [0, 0.05) is 6.54 Å². The monoisotopic (exact) mass is 421 g/mol. The van der Waals surface area contributed by atoms with Gasteiger partial charge in [-0.2, -0.15) is 0 Å². The van der Waals surface area contributed by atoms with Gasteiger partial charge in [0.05, 0.1) is 18.3 Å². The fourth-order valence-electron chi connectivity index (χ4n) is 3.37. The molecule has 29 heavy (non-hydrogen) atoms. The van der Waals surface area contributed by atoms with Crippen LogP contribution >= 0.6 is 12.4 Å². The molecule has 0 unspecified atom stereocenters. The van der Waals surface area contributed by atoms with E-state index in [0.717, 1.165) is 49.4 Å². The van der Waals surface area contributed by atoms with Crippen LogP contribution in [0.1, 0.15) is 54.5 Å². The maximum absolute atomic E-state index is 12.5. The summed E-state index contributed by atoms with van der Waals surface area (Å²) in [5.74, 6) is 1.23. The van der Waals surface area contributed by atoms with Gasteiger partial charge in [0.15, 0.2) is 5.69 Å². The fraction of sp³-hybridized carbons (Fsp3) is 0.571. The van der Waals surface area contributed by atoms with E-state index in [-0.39, 0.29) is 18.3 Å². The quantitative estimate of drug-likeness (QED) is 0.684. The van der Waals surface area contributed by atoms with Crippen LogP contribution < -0.4 is 15.4 Å². The zero-order chi connectivity index (χ0) is 19.9. The zero-order valence-corrected chi connectivity index (χ0v) is 18.3. The molecule has 160 valence electrons. The lowest BCUT2D eigenvalue weighted by molar-refractivity contribution is 0.0948. The highest BCUT2D eigenvalue weighted by molar-refractivity contribution is 5.93. The first-order chi connectivity index (χ1) is 13.5. The molecule has 1 aliphatic rings. The summed E-state index contributed by atoms with van der Waals surface area (Å²) >= 11 is 0. The van der Waals surface area contributed by atoms with Crippen LogP contribution in [0.2, 0.25) is 0 Å². The number of nitrogens with zero attached hydrogens (tertiary/aromatic N) is 3. The number of carbonyl (C=O) groups excluding carboxylic acids is 1. The van der Waals surface area contributed by atoms with E-state index in [1.807, 2.05) is 35.9 Å². The lowest BCUT2D eigenvalue weighted by atomic mass is 10.1.